The van der Waals surface area contributed by atoms with E-state index in [-0.39, 0.29) is 29.9 Å². The van der Waals surface area contributed by atoms with Gasteiger partial charge in [-0.2, -0.15) is 0 Å². The maximum Gasteiger partial charge on any atom is 0.237 e. The Hall–Kier alpha value is -1.97. The van der Waals surface area contributed by atoms with Crippen molar-refractivity contribution in [3.8, 4) is 0 Å². The average molecular weight is 259 g/mol. The first-order valence-corrected chi connectivity index (χ1v) is 6.50. The zero-order valence-corrected chi connectivity index (χ0v) is 11.2. The molecule has 0 N–H and O–H groups in total. The number of anilines is 1. The van der Waals surface area contributed by atoms with Gasteiger partial charge in [-0.25, -0.2) is 0 Å². The topological polar surface area (TPSA) is 54.5 Å². The van der Waals surface area contributed by atoms with Crippen molar-refractivity contribution in [1.82, 2.24) is 0 Å². The number of ketones is 1. The van der Waals surface area contributed by atoms with Gasteiger partial charge in [0.05, 0.1) is 5.69 Å². The average Bonchev–Trinajstić information content (AvgIpc) is 2.64. The van der Waals surface area contributed by atoms with E-state index in [4.69, 9.17) is 0 Å². The molecule has 1 fully saturated rings. The molecule has 4 nitrogen and oxygen atoms in total. The predicted octanol–water partition coefficient (Wildman–Crippen LogP) is 2.11. The van der Waals surface area contributed by atoms with Crippen LogP contribution in [-0.4, -0.2) is 17.6 Å². The van der Waals surface area contributed by atoms with Crippen LogP contribution in [0.25, 0.3) is 0 Å². The Morgan fingerprint density at radius 3 is 2.37 bits per heavy atom. The number of nitrogens with zero attached hydrogens (tertiary/aromatic N) is 1. The van der Waals surface area contributed by atoms with Crippen LogP contribution in [0, 0.1) is 5.92 Å². The number of rotatable bonds is 4. The third-order valence-corrected chi connectivity index (χ3v) is 3.36. The summed E-state index contributed by atoms with van der Waals surface area (Å²) >= 11 is 0. The molecule has 4 heteroatoms. The monoisotopic (exact) mass is 259 g/mol. The summed E-state index contributed by atoms with van der Waals surface area (Å²) in [4.78, 5) is 36.2. The lowest BCUT2D eigenvalue weighted by Gasteiger charge is -2.14. The smallest absolute Gasteiger partial charge is 0.237 e. The van der Waals surface area contributed by atoms with Crippen molar-refractivity contribution in [2.75, 3.05) is 4.90 Å². The third-order valence-electron chi connectivity index (χ3n) is 3.36. The molecule has 0 aromatic heterocycles. The van der Waals surface area contributed by atoms with Crippen LogP contribution in [-0.2, 0) is 20.8 Å². The Morgan fingerprint density at radius 2 is 1.89 bits per heavy atom. The molecular weight excluding hydrogens is 242 g/mol. The van der Waals surface area contributed by atoms with E-state index in [0.717, 1.165) is 5.56 Å². The van der Waals surface area contributed by atoms with Gasteiger partial charge in [0.2, 0.25) is 11.8 Å². The molecule has 0 aliphatic carbocycles. The summed E-state index contributed by atoms with van der Waals surface area (Å²) in [5, 5.41) is 0. The fourth-order valence-corrected chi connectivity index (χ4v) is 2.17. The number of benzene rings is 1. The fourth-order valence-electron chi connectivity index (χ4n) is 2.17. The number of carbonyl (C=O) groups is 3. The molecule has 0 saturated carbocycles. The molecule has 1 aliphatic rings. The van der Waals surface area contributed by atoms with Crippen LogP contribution in [0.4, 0.5) is 5.69 Å². The molecule has 0 radical (unpaired) electrons. The minimum Gasteiger partial charge on any atom is -0.299 e. The Bertz CT molecular complexity index is 519. The van der Waals surface area contributed by atoms with Crippen LogP contribution in [0.2, 0.25) is 0 Å². The molecule has 1 unspecified atom stereocenters. The summed E-state index contributed by atoms with van der Waals surface area (Å²) in [6.45, 7) is 3.59. The molecule has 19 heavy (non-hydrogen) atoms. The number of Topliss-reactive ketones (excluding diaryl/α,β-unsaturated/α-hetero) is 1. The van der Waals surface area contributed by atoms with Crippen molar-refractivity contribution < 1.29 is 14.4 Å². The largest absolute Gasteiger partial charge is 0.299 e. The van der Waals surface area contributed by atoms with Crippen LogP contribution >= 0.6 is 0 Å². The van der Waals surface area contributed by atoms with E-state index < -0.39 is 0 Å². The summed E-state index contributed by atoms with van der Waals surface area (Å²) in [5.41, 5.74) is 1.50. The van der Waals surface area contributed by atoms with Crippen LogP contribution in [0.15, 0.2) is 24.3 Å². The van der Waals surface area contributed by atoms with Crippen molar-refractivity contribution in [3.05, 3.63) is 29.8 Å². The van der Waals surface area contributed by atoms with E-state index in [1.54, 1.807) is 31.2 Å². The van der Waals surface area contributed by atoms with Crippen molar-refractivity contribution in [3.63, 3.8) is 0 Å². The van der Waals surface area contributed by atoms with Gasteiger partial charge in [-0.05, 0) is 17.7 Å². The summed E-state index contributed by atoms with van der Waals surface area (Å²) < 4.78 is 0. The van der Waals surface area contributed by atoms with E-state index in [1.807, 2.05) is 6.92 Å². The van der Waals surface area contributed by atoms with Gasteiger partial charge in [0, 0.05) is 25.2 Å². The maximum atomic E-state index is 11.9. The molecule has 1 heterocycles. The highest BCUT2D eigenvalue weighted by Crippen LogP contribution is 2.26. The normalized spacial score (nSPS) is 19.1. The van der Waals surface area contributed by atoms with E-state index in [0.29, 0.717) is 18.5 Å². The van der Waals surface area contributed by atoms with E-state index in [1.165, 1.54) is 4.90 Å². The van der Waals surface area contributed by atoms with E-state index in [2.05, 4.69) is 0 Å². The van der Waals surface area contributed by atoms with Gasteiger partial charge in [-0.1, -0.05) is 26.0 Å². The third kappa shape index (κ3) is 2.72. The Morgan fingerprint density at radius 1 is 1.26 bits per heavy atom. The number of hydrogen-bond donors (Lipinski definition) is 0. The molecule has 1 aliphatic heterocycles. The molecule has 1 atom stereocenters. The number of hydrogen-bond acceptors (Lipinski definition) is 3. The van der Waals surface area contributed by atoms with E-state index in [9.17, 15) is 14.4 Å². The van der Waals surface area contributed by atoms with Crippen molar-refractivity contribution in [2.45, 2.75) is 33.1 Å². The molecule has 1 aromatic rings. The first kappa shape index (κ1) is 13.5. The van der Waals surface area contributed by atoms with Gasteiger partial charge in [-0.3, -0.25) is 19.3 Å². The van der Waals surface area contributed by atoms with Crippen molar-refractivity contribution in [1.29, 1.82) is 0 Å². The van der Waals surface area contributed by atoms with Crippen LogP contribution in [0.5, 0.6) is 0 Å². The lowest BCUT2D eigenvalue weighted by molar-refractivity contribution is -0.122. The van der Waals surface area contributed by atoms with Crippen molar-refractivity contribution >= 4 is 23.3 Å². The SMILES string of the molecule is CCC(=O)Cc1ccc(N2C(=O)CC(C)C2=O)cc1. The second-order valence-electron chi connectivity index (χ2n) is 4.91. The quantitative estimate of drug-likeness (QED) is 0.778. The molecule has 1 saturated heterocycles. The maximum absolute atomic E-state index is 11.9. The zero-order valence-electron chi connectivity index (χ0n) is 11.2. The Balaban J connectivity index is 2.17. The van der Waals surface area contributed by atoms with Gasteiger partial charge in [0.25, 0.3) is 0 Å². The lowest BCUT2D eigenvalue weighted by Crippen LogP contribution is -2.29. The second-order valence-corrected chi connectivity index (χ2v) is 4.91. The molecule has 100 valence electrons. The predicted molar refractivity (Wildman–Crippen MR) is 71.7 cm³/mol. The van der Waals surface area contributed by atoms with Crippen LogP contribution < -0.4 is 4.90 Å². The zero-order chi connectivity index (χ0) is 14.0. The van der Waals surface area contributed by atoms with Crippen LogP contribution in [0.3, 0.4) is 0 Å². The Labute approximate surface area is 112 Å². The second kappa shape index (κ2) is 5.34. The molecule has 1 aromatic carbocycles. The van der Waals surface area contributed by atoms with Gasteiger partial charge in [0.1, 0.15) is 5.78 Å². The minimum absolute atomic E-state index is 0.151. The molecule has 2 rings (SSSR count). The number of imide groups is 1. The first-order chi connectivity index (χ1) is 9.02. The highest BCUT2D eigenvalue weighted by Gasteiger charge is 2.36. The fraction of sp³-hybridized carbons (Fsp3) is 0.400. The molecule has 0 spiro atoms. The van der Waals surface area contributed by atoms with Gasteiger partial charge < -0.3 is 0 Å². The first-order valence-electron chi connectivity index (χ1n) is 6.50. The number of carbonyl (C=O) groups excluding carboxylic acids is 3. The van der Waals surface area contributed by atoms with Gasteiger partial charge in [0.15, 0.2) is 0 Å². The molecule has 0 bridgehead atoms. The van der Waals surface area contributed by atoms with Crippen molar-refractivity contribution in [2.24, 2.45) is 5.92 Å². The number of amides is 2. The minimum atomic E-state index is -0.242. The highest BCUT2D eigenvalue weighted by molar-refractivity contribution is 6.20. The van der Waals surface area contributed by atoms with Gasteiger partial charge in [-0.15, -0.1) is 0 Å². The summed E-state index contributed by atoms with van der Waals surface area (Å²) in [5.74, 6) is -0.374. The lowest BCUT2D eigenvalue weighted by atomic mass is 10.1. The summed E-state index contributed by atoms with van der Waals surface area (Å²) in [6.07, 6.45) is 1.19. The van der Waals surface area contributed by atoms with E-state index >= 15 is 0 Å². The Kier molecular flexibility index (Phi) is 3.79. The van der Waals surface area contributed by atoms with Gasteiger partial charge >= 0.3 is 0 Å². The standard InChI is InChI=1S/C15H17NO3/c1-3-13(17)9-11-4-6-12(7-5-11)16-14(18)8-10(2)15(16)19/h4-7,10H,3,8-9H2,1-2H3. The highest BCUT2D eigenvalue weighted by atomic mass is 16.2. The molecule has 2 amide bonds. The van der Waals surface area contributed by atoms with Crippen LogP contribution in [0.1, 0.15) is 32.3 Å². The summed E-state index contributed by atoms with van der Waals surface area (Å²) in [6, 6.07) is 7.05. The molecular formula is C15H17NO3. The summed E-state index contributed by atoms with van der Waals surface area (Å²) in [7, 11) is 0.